The van der Waals surface area contributed by atoms with Crippen LogP contribution in [0.25, 0.3) is 0 Å². The van der Waals surface area contributed by atoms with Gasteiger partial charge in [-0.05, 0) is 41.3 Å². The largest absolute Gasteiger partial charge is 0.207 e. The quantitative estimate of drug-likeness (QED) is 0.794. The molecule has 0 aliphatic rings. The molecule has 1 unspecified atom stereocenters. The lowest BCUT2D eigenvalue weighted by molar-refractivity contribution is 0.601. The van der Waals surface area contributed by atoms with Gasteiger partial charge in [0.1, 0.15) is 5.82 Å². The van der Waals surface area contributed by atoms with Crippen molar-refractivity contribution >= 4 is 0 Å². The third-order valence-electron chi connectivity index (χ3n) is 3.48. The number of rotatable bonds is 3. The Bertz CT molecular complexity index is 608. The summed E-state index contributed by atoms with van der Waals surface area (Å²) in [5, 5.41) is 8.78. The van der Waals surface area contributed by atoms with Crippen molar-refractivity contribution in [3.8, 4) is 6.07 Å². The van der Waals surface area contributed by atoms with E-state index >= 15 is 0 Å². The van der Waals surface area contributed by atoms with E-state index in [0.29, 0.717) is 11.1 Å². The average molecular weight is 253 g/mol. The molecule has 0 aliphatic heterocycles. The van der Waals surface area contributed by atoms with Crippen LogP contribution in [0.2, 0.25) is 0 Å². The Kier molecular flexibility index (Phi) is 3.97. The summed E-state index contributed by atoms with van der Waals surface area (Å²) in [5.74, 6) is -0.171. The lowest BCUT2D eigenvalue weighted by Gasteiger charge is -2.14. The summed E-state index contributed by atoms with van der Waals surface area (Å²) in [7, 11) is 0. The Balaban J connectivity index is 2.32. The van der Waals surface area contributed by atoms with Gasteiger partial charge in [-0.15, -0.1) is 0 Å². The van der Waals surface area contributed by atoms with Crippen LogP contribution in [0.3, 0.4) is 0 Å². The number of hydrogen-bond acceptors (Lipinski definition) is 1. The number of hydrogen-bond donors (Lipinski definition) is 0. The molecule has 0 N–H and O–H groups in total. The van der Waals surface area contributed by atoms with E-state index in [-0.39, 0.29) is 11.7 Å². The minimum atomic E-state index is -0.156. The number of nitrogens with zero attached hydrogens (tertiary/aromatic N) is 1. The second kappa shape index (κ2) is 5.67. The molecule has 0 aromatic heterocycles. The van der Waals surface area contributed by atoms with Crippen LogP contribution in [0.4, 0.5) is 4.39 Å². The van der Waals surface area contributed by atoms with Crippen LogP contribution in [0, 0.1) is 17.1 Å². The summed E-state index contributed by atoms with van der Waals surface area (Å²) < 4.78 is 14.1. The van der Waals surface area contributed by atoms with Crippen LogP contribution in [0.15, 0.2) is 42.5 Å². The van der Waals surface area contributed by atoms with E-state index in [1.54, 1.807) is 18.2 Å². The maximum Gasteiger partial charge on any atom is 0.127 e. The molecule has 1 atom stereocenters. The molecule has 0 radical (unpaired) electrons. The molecule has 0 fully saturated rings. The van der Waals surface area contributed by atoms with Crippen molar-refractivity contribution in [2.45, 2.75) is 26.2 Å². The van der Waals surface area contributed by atoms with Crippen LogP contribution < -0.4 is 0 Å². The van der Waals surface area contributed by atoms with E-state index in [1.807, 2.05) is 38.1 Å². The summed E-state index contributed by atoms with van der Waals surface area (Å²) in [6.07, 6.45) is 0.836. The predicted molar refractivity (Wildman–Crippen MR) is 74.5 cm³/mol. The van der Waals surface area contributed by atoms with Crippen molar-refractivity contribution in [2.24, 2.45) is 0 Å². The minimum absolute atomic E-state index is 0.0151. The monoisotopic (exact) mass is 253 g/mol. The number of halogens is 1. The molecule has 2 aromatic carbocycles. The highest BCUT2D eigenvalue weighted by Crippen LogP contribution is 2.27. The molecule has 19 heavy (non-hydrogen) atoms. The van der Waals surface area contributed by atoms with Gasteiger partial charge in [0, 0.05) is 5.92 Å². The summed E-state index contributed by atoms with van der Waals surface area (Å²) in [4.78, 5) is 0. The van der Waals surface area contributed by atoms with Crippen LogP contribution in [-0.4, -0.2) is 0 Å². The summed E-state index contributed by atoms with van der Waals surface area (Å²) in [6, 6.07) is 14.8. The average Bonchev–Trinajstić information content (AvgIpc) is 2.46. The highest BCUT2D eigenvalue weighted by Gasteiger charge is 2.13. The Labute approximate surface area is 113 Å². The van der Waals surface area contributed by atoms with Crippen molar-refractivity contribution in [3.63, 3.8) is 0 Å². The van der Waals surface area contributed by atoms with E-state index in [4.69, 9.17) is 5.26 Å². The molecule has 1 nitrogen and oxygen atoms in total. The predicted octanol–water partition coefficient (Wildman–Crippen LogP) is 4.41. The van der Waals surface area contributed by atoms with Gasteiger partial charge in [-0.25, -0.2) is 4.39 Å². The molecular formula is C17H16FN. The zero-order chi connectivity index (χ0) is 13.8. The second-order valence-corrected chi connectivity index (χ2v) is 4.66. The van der Waals surface area contributed by atoms with E-state index in [0.717, 1.165) is 17.5 Å². The van der Waals surface area contributed by atoms with Gasteiger partial charge in [0.05, 0.1) is 11.6 Å². The van der Waals surface area contributed by atoms with Crippen LogP contribution >= 0.6 is 0 Å². The number of aryl methyl sites for hydroxylation is 1. The summed E-state index contributed by atoms with van der Waals surface area (Å²) in [6.45, 7) is 3.99. The minimum Gasteiger partial charge on any atom is -0.207 e. The van der Waals surface area contributed by atoms with Gasteiger partial charge in [-0.3, -0.25) is 0 Å². The molecule has 0 aliphatic carbocycles. The smallest absolute Gasteiger partial charge is 0.127 e. The zero-order valence-electron chi connectivity index (χ0n) is 11.2. The number of nitriles is 1. The van der Waals surface area contributed by atoms with E-state index in [2.05, 4.69) is 6.07 Å². The SMILES string of the molecule is CCc1ccc(C(C)c2ccc(C#N)cc2)c(F)c1. The maximum atomic E-state index is 14.1. The first-order valence-electron chi connectivity index (χ1n) is 6.44. The van der Waals surface area contributed by atoms with Gasteiger partial charge >= 0.3 is 0 Å². The van der Waals surface area contributed by atoms with Crippen molar-refractivity contribution in [1.82, 2.24) is 0 Å². The first-order chi connectivity index (χ1) is 9.15. The standard InChI is InChI=1S/C17H16FN/c1-3-13-6-9-16(17(18)10-13)12(2)15-7-4-14(11-19)5-8-15/h4-10,12H,3H2,1-2H3. The first-order valence-corrected chi connectivity index (χ1v) is 6.44. The fraction of sp³-hybridized carbons (Fsp3) is 0.235. The van der Waals surface area contributed by atoms with Gasteiger partial charge in [0.25, 0.3) is 0 Å². The fourth-order valence-corrected chi connectivity index (χ4v) is 2.17. The van der Waals surface area contributed by atoms with E-state index in [9.17, 15) is 4.39 Å². The van der Waals surface area contributed by atoms with Gasteiger partial charge < -0.3 is 0 Å². The molecule has 0 bridgehead atoms. The summed E-state index contributed by atoms with van der Waals surface area (Å²) >= 11 is 0. The van der Waals surface area contributed by atoms with Gasteiger partial charge in [-0.1, -0.05) is 38.1 Å². The van der Waals surface area contributed by atoms with E-state index in [1.165, 1.54) is 0 Å². The van der Waals surface area contributed by atoms with Crippen molar-refractivity contribution in [1.29, 1.82) is 5.26 Å². The summed E-state index contributed by atoms with van der Waals surface area (Å²) in [5.41, 5.74) is 3.34. The Morgan fingerprint density at radius 2 is 1.84 bits per heavy atom. The zero-order valence-corrected chi connectivity index (χ0v) is 11.2. The highest BCUT2D eigenvalue weighted by molar-refractivity contribution is 5.38. The van der Waals surface area contributed by atoms with Crippen molar-refractivity contribution in [2.75, 3.05) is 0 Å². The van der Waals surface area contributed by atoms with E-state index < -0.39 is 0 Å². The van der Waals surface area contributed by atoms with Gasteiger partial charge in [0.2, 0.25) is 0 Å². The third kappa shape index (κ3) is 2.82. The maximum absolute atomic E-state index is 14.1. The molecule has 2 heteroatoms. The Hall–Kier alpha value is -2.14. The normalized spacial score (nSPS) is 11.9. The Morgan fingerprint density at radius 1 is 1.16 bits per heavy atom. The van der Waals surface area contributed by atoms with Crippen molar-refractivity contribution < 1.29 is 4.39 Å². The molecule has 0 heterocycles. The Morgan fingerprint density at radius 3 is 2.37 bits per heavy atom. The molecule has 0 amide bonds. The third-order valence-corrected chi connectivity index (χ3v) is 3.48. The fourth-order valence-electron chi connectivity index (χ4n) is 2.17. The number of benzene rings is 2. The van der Waals surface area contributed by atoms with Crippen LogP contribution in [0.5, 0.6) is 0 Å². The molecule has 0 spiro atoms. The molecule has 96 valence electrons. The van der Waals surface area contributed by atoms with Gasteiger partial charge in [0.15, 0.2) is 0 Å². The molecule has 2 aromatic rings. The van der Waals surface area contributed by atoms with Crippen LogP contribution in [0.1, 0.15) is 42.0 Å². The highest BCUT2D eigenvalue weighted by atomic mass is 19.1. The topological polar surface area (TPSA) is 23.8 Å². The molecular weight excluding hydrogens is 237 g/mol. The molecule has 0 saturated carbocycles. The first kappa shape index (κ1) is 13.3. The molecule has 0 saturated heterocycles. The molecule has 2 rings (SSSR count). The van der Waals surface area contributed by atoms with Crippen LogP contribution in [-0.2, 0) is 6.42 Å². The lowest BCUT2D eigenvalue weighted by Crippen LogP contribution is -2.00. The van der Waals surface area contributed by atoms with Crippen molar-refractivity contribution in [3.05, 3.63) is 70.5 Å². The second-order valence-electron chi connectivity index (χ2n) is 4.66. The van der Waals surface area contributed by atoms with Gasteiger partial charge in [-0.2, -0.15) is 5.26 Å². The lowest BCUT2D eigenvalue weighted by atomic mass is 9.91.